The summed E-state index contributed by atoms with van der Waals surface area (Å²) in [5.41, 5.74) is 19.3. The first kappa shape index (κ1) is 14.1. The first-order valence-corrected chi connectivity index (χ1v) is 7.32. The van der Waals surface area contributed by atoms with E-state index in [-0.39, 0.29) is 0 Å². The average molecular weight is 286 g/mol. The maximum Gasteiger partial charge on any atom is 0.209 e. The van der Waals surface area contributed by atoms with Gasteiger partial charge < -0.3 is 5.73 Å². The molecule has 1 atom stereocenters. The summed E-state index contributed by atoms with van der Waals surface area (Å²) in [5, 5.41) is 0. The number of hydrazine groups is 1. The summed E-state index contributed by atoms with van der Waals surface area (Å²) in [7, 11) is 0. The van der Waals surface area contributed by atoms with E-state index in [2.05, 4.69) is 32.9 Å². The molecule has 1 unspecified atom stereocenters. The number of guanidine groups is 1. The van der Waals surface area contributed by atoms with E-state index in [4.69, 9.17) is 11.5 Å². The zero-order valence-corrected chi connectivity index (χ0v) is 12.0. The minimum absolute atomic E-state index is 0.298. The Morgan fingerprint density at radius 2 is 1.95 bits per heavy atom. The summed E-state index contributed by atoms with van der Waals surface area (Å²) in [4.78, 5) is 6.62. The fourth-order valence-electron chi connectivity index (χ4n) is 2.69. The van der Waals surface area contributed by atoms with E-state index in [1.54, 1.807) is 0 Å². The van der Waals surface area contributed by atoms with E-state index in [9.17, 15) is 0 Å². The second kappa shape index (κ2) is 5.85. The van der Waals surface area contributed by atoms with Crippen LogP contribution in [0, 0.1) is 0 Å². The molecule has 6 N–H and O–H groups in total. The van der Waals surface area contributed by atoms with Crippen molar-refractivity contribution in [3.63, 3.8) is 0 Å². The van der Waals surface area contributed by atoms with Crippen molar-refractivity contribution < 1.29 is 0 Å². The van der Waals surface area contributed by atoms with Gasteiger partial charge in [0.1, 0.15) is 0 Å². The molecule has 1 fully saturated rings. The molecule has 0 amide bonds. The molecule has 2 aliphatic heterocycles. The first-order chi connectivity index (χ1) is 10.2. The number of likely N-dealkylation sites (tertiary alicyclic amines) is 1. The molecule has 0 aromatic heterocycles. The van der Waals surface area contributed by atoms with E-state index in [0.717, 1.165) is 17.7 Å². The molecule has 112 valence electrons. The van der Waals surface area contributed by atoms with Gasteiger partial charge in [-0.25, -0.2) is 4.99 Å². The first-order valence-electron chi connectivity index (χ1n) is 7.32. The van der Waals surface area contributed by atoms with Crippen LogP contribution in [0.1, 0.15) is 24.0 Å². The molecule has 6 heteroatoms. The van der Waals surface area contributed by atoms with Gasteiger partial charge in [-0.2, -0.15) is 5.43 Å². The number of hydrogen-bond acceptors (Lipinski definition) is 6. The molecular weight excluding hydrogens is 264 g/mol. The van der Waals surface area contributed by atoms with Gasteiger partial charge in [-0.15, -0.1) is 0 Å². The lowest BCUT2D eigenvalue weighted by Crippen LogP contribution is -2.50. The average Bonchev–Trinajstić information content (AvgIpc) is 3.10. The smallest absolute Gasteiger partial charge is 0.209 e. The van der Waals surface area contributed by atoms with Crippen molar-refractivity contribution in [2.75, 3.05) is 19.6 Å². The summed E-state index contributed by atoms with van der Waals surface area (Å²) >= 11 is 0. The number of hydrogen-bond donors (Lipinski definition) is 4. The molecule has 1 saturated heterocycles. The Hall–Kier alpha value is -1.89. The minimum atomic E-state index is -0.984. The van der Waals surface area contributed by atoms with Crippen molar-refractivity contribution in [1.29, 1.82) is 0 Å². The lowest BCUT2D eigenvalue weighted by Gasteiger charge is -2.20. The molecule has 0 bridgehead atoms. The highest BCUT2D eigenvalue weighted by molar-refractivity contribution is 5.79. The van der Waals surface area contributed by atoms with E-state index < -0.39 is 5.79 Å². The summed E-state index contributed by atoms with van der Waals surface area (Å²) in [6, 6.07) is 8.00. The fraction of sp³-hybridized carbons (Fsp3) is 0.400. The zero-order valence-electron chi connectivity index (χ0n) is 12.0. The molecule has 1 aromatic carbocycles. The molecule has 21 heavy (non-hydrogen) atoms. The van der Waals surface area contributed by atoms with Gasteiger partial charge in [-0.3, -0.25) is 16.1 Å². The van der Waals surface area contributed by atoms with Crippen LogP contribution in [0.25, 0.3) is 6.08 Å². The highest BCUT2D eigenvalue weighted by Crippen LogP contribution is 2.19. The standard InChI is InChI=1S/C15H22N6/c16-14-18-15(17,20-19-14)13-7-5-12(6-8-13)4-3-11-21-9-1-2-10-21/h3-8,20H,1-2,9-11,17H2,(H3,16,18,19). The Kier molecular flexibility index (Phi) is 3.92. The zero-order chi connectivity index (χ0) is 14.7. The third-order valence-electron chi connectivity index (χ3n) is 3.90. The van der Waals surface area contributed by atoms with Gasteiger partial charge in [0.15, 0.2) is 0 Å². The number of benzene rings is 1. The van der Waals surface area contributed by atoms with E-state index in [1.807, 2.05) is 24.3 Å². The molecular formula is C15H22N6. The normalized spacial score (nSPS) is 26.2. The summed E-state index contributed by atoms with van der Waals surface area (Å²) < 4.78 is 0. The number of nitrogens with one attached hydrogen (secondary N) is 2. The Labute approximate surface area is 124 Å². The third-order valence-corrected chi connectivity index (χ3v) is 3.90. The van der Waals surface area contributed by atoms with Crippen molar-refractivity contribution >= 4 is 12.0 Å². The van der Waals surface area contributed by atoms with Gasteiger partial charge in [0, 0.05) is 12.1 Å². The van der Waals surface area contributed by atoms with Gasteiger partial charge in [0.2, 0.25) is 11.7 Å². The van der Waals surface area contributed by atoms with Crippen LogP contribution < -0.4 is 22.3 Å². The number of nitrogens with two attached hydrogens (primary N) is 2. The van der Waals surface area contributed by atoms with Crippen molar-refractivity contribution in [1.82, 2.24) is 15.8 Å². The van der Waals surface area contributed by atoms with E-state index in [1.165, 1.54) is 25.9 Å². The predicted octanol–water partition coefficient (Wildman–Crippen LogP) is 0.287. The van der Waals surface area contributed by atoms with Crippen LogP contribution in [0.15, 0.2) is 35.3 Å². The van der Waals surface area contributed by atoms with Gasteiger partial charge in [-0.05, 0) is 31.5 Å². The summed E-state index contributed by atoms with van der Waals surface area (Å²) in [6.45, 7) is 3.46. The second-order valence-electron chi connectivity index (χ2n) is 5.55. The topological polar surface area (TPSA) is 91.7 Å². The van der Waals surface area contributed by atoms with Crippen molar-refractivity contribution in [2.45, 2.75) is 18.6 Å². The quantitative estimate of drug-likeness (QED) is 0.638. The molecule has 0 aliphatic carbocycles. The van der Waals surface area contributed by atoms with Crippen molar-refractivity contribution in [3.05, 3.63) is 41.5 Å². The second-order valence-corrected chi connectivity index (χ2v) is 5.55. The molecule has 0 saturated carbocycles. The Morgan fingerprint density at radius 1 is 1.24 bits per heavy atom. The summed E-state index contributed by atoms with van der Waals surface area (Å²) in [6.07, 6.45) is 7.00. The Bertz CT molecular complexity index is 544. The van der Waals surface area contributed by atoms with Gasteiger partial charge in [0.05, 0.1) is 0 Å². The summed E-state index contributed by atoms with van der Waals surface area (Å²) in [5.74, 6) is -0.686. The number of aliphatic imine (C=N–C) groups is 1. The lowest BCUT2D eigenvalue weighted by molar-refractivity contribution is 0.375. The van der Waals surface area contributed by atoms with Crippen LogP contribution in [0.2, 0.25) is 0 Å². The molecule has 0 radical (unpaired) electrons. The van der Waals surface area contributed by atoms with Gasteiger partial charge in [0.25, 0.3) is 0 Å². The Morgan fingerprint density at radius 3 is 2.57 bits per heavy atom. The number of nitrogens with zero attached hydrogens (tertiary/aromatic N) is 2. The monoisotopic (exact) mass is 286 g/mol. The largest absolute Gasteiger partial charge is 0.369 e. The van der Waals surface area contributed by atoms with Crippen LogP contribution in [-0.4, -0.2) is 30.5 Å². The molecule has 0 spiro atoms. The van der Waals surface area contributed by atoms with Crippen molar-refractivity contribution in [2.24, 2.45) is 16.5 Å². The van der Waals surface area contributed by atoms with Crippen LogP contribution in [0.5, 0.6) is 0 Å². The highest BCUT2D eigenvalue weighted by Gasteiger charge is 2.31. The SMILES string of the molecule is NC1=NC(N)(c2ccc(C=CCN3CCCC3)cc2)NN1. The van der Waals surface area contributed by atoms with Gasteiger partial charge in [-0.1, -0.05) is 36.4 Å². The molecule has 2 heterocycles. The van der Waals surface area contributed by atoms with Crippen LogP contribution in [0.3, 0.4) is 0 Å². The van der Waals surface area contributed by atoms with Crippen LogP contribution in [0.4, 0.5) is 0 Å². The van der Waals surface area contributed by atoms with Gasteiger partial charge >= 0.3 is 0 Å². The maximum atomic E-state index is 6.14. The minimum Gasteiger partial charge on any atom is -0.369 e. The fourth-order valence-corrected chi connectivity index (χ4v) is 2.69. The van der Waals surface area contributed by atoms with Crippen LogP contribution >= 0.6 is 0 Å². The van der Waals surface area contributed by atoms with Crippen molar-refractivity contribution in [3.8, 4) is 0 Å². The molecule has 6 nitrogen and oxygen atoms in total. The highest BCUT2D eigenvalue weighted by atomic mass is 15.6. The maximum absolute atomic E-state index is 6.14. The lowest BCUT2D eigenvalue weighted by atomic mass is 10.1. The van der Waals surface area contributed by atoms with Crippen LogP contribution in [-0.2, 0) is 5.79 Å². The predicted molar refractivity (Wildman–Crippen MR) is 84.9 cm³/mol. The third kappa shape index (κ3) is 3.24. The number of rotatable bonds is 4. The van der Waals surface area contributed by atoms with E-state index in [0.29, 0.717) is 5.96 Å². The Balaban J connectivity index is 1.62. The molecule has 3 rings (SSSR count). The molecule has 1 aromatic rings. The molecule has 2 aliphatic rings. The van der Waals surface area contributed by atoms with E-state index >= 15 is 0 Å².